The van der Waals surface area contributed by atoms with E-state index in [4.69, 9.17) is 0 Å². The number of benzene rings is 1. The lowest BCUT2D eigenvalue weighted by Crippen LogP contribution is -2.49. The third-order valence-electron chi connectivity index (χ3n) is 5.80. The van der Waals surface area contributed by atoms with E-state index in [-0.39, 0.29) is 17.5 Å². The topological polar surface area (TPSA) is 54.4 Å². The van der Waals surface area contributed by atoms with Crippen LogP contribution in [0.15, 0.2) is 30.3 Å². The van der Waals surface area contributed by atoms with Crippen LogP contribution in [0.1, 0.15) is 88.4 Å². The molecule has 1 aromatic rings. The number of rotatable bonds is 10. The minimum Gasteiger partial charge on any atom is -0.389 e. The van der Waals surface area contributed by atoms with Crippen LogP contribution in [0, 0.1) is 11.8 Å². The van der Waals surface area contributed by atoms with Crippen molar-refractivity contribution in [2.75, 3.05) is 0 Å². The molecular weight excluding hydrogens is 324 g/mol. The van der Waals surface area contributed by atoms with Gasteiger partial charge in [0.05, 0.1) is 11.5 Å². The van der Waals surface area contributed by atoms with Crippen LogP contribution in [0.5, 0.6) is 0 Å². The van der Waals surface area contributed by atoms with E-state index in [0.717, 1.165) is 19.3 Å². The number of hydrogen-bond acceptors (Lipinski definition) is 3. The highest BCUT2D eigenvalue weighted by atomic mass is 16.3. The van der Waals surface area contributed by atoms with Gasteiger partial charge in [0.15, 0.2) is 5.78 Å². The zero-order valence-electron chi connectivity index (χ0n) is 16.4. The van der Waals surface area contributed by atoms with Gasteiger partial charge in [-0.05, 0) is 32.6 Å². The normalized spacial score (nSPS) is 25.8. The van der Waals surface area contributed by atoms with Crippen molar-refractivity contribution in [1.29, 1.82) is 0 Å². The van der Waals surface area contributed by atoms with Crippen molar-refractivity contribution < 1.29 is 14.7 Å². The lowest BCUT2D eigenvalue weighted by atomic mass is 9.65. The third-order valence-corrected chi connectivity index (χ3v) is 5.80. The van der Waals surface area contributed by atoms with Crippen LogP contribution in [-0.4, -0.2) is 22.3 Å². The van der Waals surface area contributed by atoms with Crippen molar-refractivity contribution in [1.82, 2.24) is 0 Å². The zero-order chi connectivity index (χ0) is 19.0. The Morgan fingerprint density at radius 2 is 1.73 bits per heavy atom. The third kappa shape index (κ3) is 5.51. The van der Waals surface area contributed by atoms with E-state index in [1.54, 1.807) is 19.1 Å². The second-order valence-corrected chi connectivity index (χ2v) is 8.05. The SMILES string of the molecule is CCCCCCCCC(=O)[C@@H]1CCC[C@](C)(O)[C@H]1C(=O)c1ccccc1. The summed E-state index contributed by atoms with van der Waals surface area (Å²) in [5.41, 5.74) is -0.510. The summed E-state index contributed by atoms with van der Waals surface area (Å²) in [6, 6.07) is 9.09. The predicted molar refractivity (Wildman–Crippen MR) is 105 cm³/mol. The Morgan fingerprint density at radius 3 is 2.42 bits per heavy atom. The van der Waals surface area contributed by atoms with Gasteiger partial charge in [0.2, 0.25) is 0 Å². The molecule has 1 N–H and O–H groups in total. The van der Waals surface area contributed by atoms with Crippen LogP contribution in [0.2, 0.25) is 0 Å². The molecule has 0 heterocycles. The van der Waals surface area contributed by atoms with Gasteiger partial charge in [-0.3, -0.25) is 9.59 Å². The number of Topliss-reactive ketones (excluding diaryl/α,β-unsaturated/α-hetero) is 2. The highest BCUT2D eigenvalue weighted by Gasteiger charge is 2.47. The molecule has 3 nitrogen and oxygen atoms in total. The second-order valence-electron chi connectivity index (χ2n) is 8.05. The fourth-order valence-electron chi connectivity index (χ4n) is 4.29. The average Bonchev–Trinajstić information content (AvgIpc) is 2.63. The molecule has 1 aliphatic carbocycles. The minimum atomic E-state index is -1.10. The molecule has 0 aliphatic heterocycles. The quantitative estimate of drug-likeness (QED) is 0.453. The van der Waals surface area contributed by atoms with Gasteiger partial charge in [-0.25, -0.2) is 0 Å². The molecule has 1 saturated carbocycles. The van der Waals surface area contributed by atoms with Crippen LogP contribution in [0.25, 0.3) is 0 Å². The Hall–Kier alpha value is -1.48. The Kier molecular flexibility index (Phi) is 8.02. The van der Waals surface area contributed by atoms with Gasteiger partial charge in [0.25, 0.3) is 0 Å². The molecule has 144 valence electrons. The molecule has 0 unspecified atom stereocenters. The number of unbranched alkanes of at least 4 members (excludes halogenated alkanes) is 5. The summed E-state index contributed by atoms with van der Waals surface area (Å²) in [4.78, 5) is 25.9. The molecule has 0 saturated heterocycles. The molecule has 1 aliphatic rings. The largest absolute Gasteiger partial charge is 0.389 e. The number of aliphatic hydroxyl groups is 1. The molecule has 1 aromatic carbocycles. The Labute approximate surface area is 158 Å². The maximum atomic E-state index is 13.1. The maximum Gasteiger partial charge on any atom is 0.169 e. The van der Waals surface area contributed by atoms with Crippen LogP contribution in [-0.2, 0) is 4.79 Å². The predicted octanol–water partition coefficient (Wildman–Crippen LogP) is 5.36. The van der Waals surface area contributed by atoms with E-state index in [0.29, 0.717) is 24.8 Å². The lowest BCUT2D eigenvalue weighted by molar-refractivity contribution is -0.131. The van der Waals surface area contributed by atoms with Crippen molar-refractivity contribution in [2.24, 2.45) is 11.8 Å². The average molecular weight is 359 g/mol. The summed E-state index contributed by atoms with van der Waals surface area (Å²) in [6.45, 7) is 3.92. The van der Waals surface area contributed by atoms with Gasteiger partial charge in [-0.15, -0.1) is 0 Å². The van der Waals surface area contributed by atoms with Crippen molar-refractivity contribution in [3.63, 3.8) is 0 Å². The molecule has 2 rings (SSSR count). The Bertz CT molecular complexity index is 576. The Morgan fingerprint density at radius 1 is 1.08 bits per heavy atom. The monoisotopic (exact) mass is 358 g/mol. The van der Waals surface area contributed by atoms with Gasteiger partial charge in [-0.1, -0.05) is 69.4 Å². The van der Waals surface area contributed by atoms with E-state index >= 15 is 0 Å². The number of hydrogen-bond donors (Lipinski definition) is 1. The number of ketones is 2. The van der Waals surface area contributed by atoms with E-state index in [1.165, 1.54) is 25.7 Å². The highest BCUT2D eigenvalue weighted by molar-refractivity contribution is 6.01. The second kappa shape index (κ2) is 10.0. The van der Waals surface area contributed by atoms with E-state index in [1.807, 2.05) is 18.2 Å². The van der Waals surface area contributed by atoms with Gasteiger partial charge in [0, 0.05) is 17.9 Å². The van der Waals surface area contributed by atoms with Crippen molar-refractivity contribution in [3.05, 3.63) is 35.9 Å². The van der Waals surface area contributed by atoms with Gasteiger partial charge in [-0.2, -0.15) is 0 Å². The van der Waals surface area contributed by atoms with Crippen LogP contribution >= 0.6 is 0 Å². The maximum absolute atomic E-state index is 13.1. The first-order chi connectivity index (χ1) is 12.5. The van der Waals surface area contributed by atoms with Crippen molar-refractivity contribution in [2.45, 2.75) is 83.7 Å². The van der Waals surface area contributed by atoms with E-state index in [9.17, 15) is 14.7 Å². The summed E-state index contributed by atoms with van der Waals surface area (Å²) in [6.07, 6.45) is 9.49. The molecule has 26 heavy (non-hydrogen) atoms. The Balaban J connectivity index is 2.02. The first kappa shape index (κ1) is 20.8. The molecule has 0 bridgehead atoms. The van der Waals surface area contributed by atoms with E-state index < -0.39 is 11.5 Å². The minimum absolute atomic E-state index is 0.0865. The highest BCUT2D eigenvalue weighted by Crippen LogP contribution is 2.41. The first-order valence-electron chi connectivity index (χ1n) is 10.3. The summed E-state index contributed by atoms with van der Waals surface area (Å²) < 4.78 is 0. The molecule has 1 fully saturated rings. The molecule has 3 heteroatoms. The number of carbonyl (C=O) groups is 2. The fourth-order valence-corrected chi connectivity index (χ4v) is 4.29. The van der Waals surface area contributed by atoms with Gasteiger partial charge >= 0.3 is 0 Å². The standard InChI is InChI=1S/C23H34O3/c1-3-4-5-6-7-11-16-20(24)19-15-12-17-23(2,26)21(19)22(25)18-13-9-8-10-14-18/h8-10,13-14,19,21,26H,3-7,11-12,15-17H2,1-2H3/t19-,21+,23-/m0/s1. The summed E-state index contributed by atoms with van der Waals surface area (Å²) >= 11 is 0. The van der Waals surface area contributed by atoms with Crippen molar-refractivity contribution >= 4 is 11.6 Å². The van der Waals surface area contributed by atoms with Gasteiger partial charge < -0.3 is 5.11 Å². The zero-order valence-corrected chi connectivity index (χ0v) is 16.4. The molecule has 0 spiro atoms. The van der Waals surface area contributed by atoms with Gasteiger partial charge in [0.1, 0.15) is 5.78 Å². The van der Waals surface area contributed by atoms with Crippen LogP contribution in [0.4, 0.5) is 0 Å². The summed E-state index contributed by atoms with van der Waals surface area (Å²) in [7, 11) is 0. The van der Waals surface area contributed by atoms with Crippen molar-refractivity contribution in [3.8, 4) is 0 Å². The molecule has 0 amide bonds. The van der Waals surface area contributed by atoms with Crippen LogP contribution in [0.3, 0.4) is 0 Å². The smallest absolute Gasteiger partial charge is 0.169 e. The molecular formula is C23H34O3. The molecule has 0 aromatic heterocycles. The van der Waals surface area contributed by atoms with Crippen LogP contribution < -0.4 is 0 Å². The summed E-state index contributed by atoms with van der Waals surface area (Å²) in [5.74, 6) is -0.889. The van der Waals surface area contributed by atoms with E-state index in [2.05, 4.69) is 6.92 Å². The fraction of sp³-hybridized carbons (Fsp3) is 0.652. The molecule has 0 radical (unpaired) electrons. The first-order valence-corrected chi connectivity index (χ1v) is 10.3. The lowest BCUT2D eigenvalue weighted by Gasteiger charge is -2.41. The molecule has 3 atom stereocenters. The summed E-state index contributed by atoms with van der Waals surface area (Å²) in [5, 5.41) is 10.9. The number of carbonyl (C=O) groups excluding carboxylic acids is 2.